The second-order valence-corrected chi connectivity index (χ2v) is 6.23. The highest BCUT2D eigenvalue weighted by molar-refractivity contribution is 7.71. The molecule has 1 saturated heterocycles. The van der Waals surface area contributed by atoms with Gasteiger partial charge in [0.05, 0.1) is 19.2 Å². The number of hydrogen-bond acceptors (Lipinski definition) is 6. The molecule has 0 amide bonds. The zero-order valence-electron chi connectivity index (χ0n) is 12.5. The summed E-state index contributed by atoms with van der Waals surface area (Å²) in [6.45, 7) is 2.71. The van der Waals surface area contributed by atoms with Gasteiger partial charge in [0, 0.05) is 18.4 Å². The third kappa shape index (κ3) is 2.97. The molecule has 4 rings (SSSR count). The second-order valence-electron chi connectivity index (χ2n) is 5.88. The van der Waals surface area contributed by atoms with Crippen LogP contribution in [-0.2, 0) is 6.67 Å². The smallest absolute Gasteiger partial charge is 0.292 e. The fraction of sp³-hybridized carbons (Fsp3) is 0.467. The lowest BCUT2D eigenvalue weighted by Crippen LogP contribution is -3.12. The number of piperidine rings is 1. The van der Waals surface area contributed by atoms with Gasteiger partial charge >= 0.3 is 0 Å². The van der Waals surface area contributed by atoms with Crippen LogP contribution in [0.2, 0.25) is 0 Å². The summed E-state index contributed by atoms with van der Waals surface area (Å²) >= 11 is 5.28. The van der Waals surface area contributed by atoms with Crippen LogP contribution in [0.1, 0.15) is 12.8 Å². The van der Waals surface area contributed by atoms with E-state index in [0.717, 1.165) is 37.2 Å². The SMILES string of the molecule is OC1CC[NH+](Cn2nc(-c3ccc4c(c3)OCO4)oc2=S)CC1. The number of aliphatic hydroxyl groups excluding tert-OH is 1. The molecule has 0 radical (unpaired) electrons. The van der Waals surface area contributed by atoms with Gasteiger partial charge in [0.1, 0.15) is 0 Å². The van der Waals surface area contributed by atoms with Crippen molar-refractivity contribution in [3.63, 3.8) is 0 Å². The number of fused-ring (bicyclic) bond motifs is 1. The summed E-state index contributed by atoms with van der Waals surface area (Å²) in [4.78, 5) is 1.70. The van der Waals surface area contributed by atoms with Crippen molar-refractivity contribution < 1.29 is 23.9 Å². The largest absolute Gasteiger partial charge is 0.454 e. The molecule has 2 aromatic rings. The lowest BCUT2D eigenvalue weighted by molar-refractivity contribution is -0.929. The van der Waals surface area contributed by atoms with Gasteiger partial charge in [0.2, 0.25) is 12.7 Å². The third-order valence-corrected chi connectivity index (χ3v) is 4.56. The van der Waals surface area contributed by atoms with Gasteiger partial charge in [-0.15, -0.1) is 5.10 Å². The van der Waals surface area contributed by atoms with Crippen LogP contribution in [-0.4, -0.2) is 40.9 Å². The monoisotopic (exact) mass is 336 g/mol. The molecular formula is C15H18N3O4S+. The lowest BCUT2D eigenvalue weighted by atomic mass is 10.1. The maximum absolute atomic E-state index is 9.58. The number of likely N-dealkylation sites (tertiary alicyclic amines) is 1. The molecule has 1 fully saturated rings. The Hall–Kier alpha value is -1.90. The highest BCUT2D eigenvalue weighted by atomic mass is 32.1. The molecule has 0 atom stereocenters. The van der Waals surface area contributed by atoms with Crippen LogP contribution in [0.15, 0.2) is 22.6 Å². The number of aliphatic hydroxyl groups is 1. The molecule has 122 valence electrons. The first-order valence-electron chi connectivity index (χ1n) is 7.68. The summed E-state index contributed by atoms with van der Waals surface area (Å²) in [5.41, 5.74) is 0.808. The van der Waals surface area contributed by atoms with Crippen LogP contribution in [0.25, 0.3) is 11.5 Å². The average molecular weight is 336 g/mol. The summed E-state index contributed by atoms with van der Waals surface area (Å²) in [6, 6.07) is 5.56. The van der Waals surface area contributed by atoms with Crippen LogP contribution >= 0.6 is 12.2 Å². The van der Waals surface area contributed by atoms with Gasteiger partial charge in [0.25, 0.3) is 4.84 Å². The Bertz CT molecular complexity index is 764. The zero-order chi connectivity index (χ0) is 15.8. The molecule has 1 aromatic carbocycles. The molecule has 0 aliphatic carbocycles. The molecule has 8 heteroatoms. The average Bonchev–Trinajstić information content (AvgIpc) is 3.16. The number of quaternary nitrogens is 1. The minimum Gasteiger partial charge on any atom is -0.454 e. The number of nitrogens with one attached hydrogen (secondary N) is 1. The van der Waals surface area contributed by atoms with Gasteiger partial charge < -0.3 is 23.9 Å². The topological polar surface area (TPSA) is 74.1 Å². The van der Waals surface area contributed by atoms with Crippen LogP contribution in [0.3, 0.4) is 0 Å². The highest BCUT2D eigenvalue weighted by Gasteiger charge is 2.22. The number of nitrogens with zero attached hydrogens (tertiary/aromatic N) is 2. The van der Waals surface area contributed by atoms with Crippen molar-refractivity contribution in [1.29, 1.82) is 0 Å². The maximum Gasteiger partial charge on any atom is 0.292 e. The third-order valence-electron chi connectivity index (χ3n) is 4.26. The van der Waals surface area contributed by atoms with Gasteiger partial charge in [0.15, 0.2) is 18.2 Å². The fourth-order valence-electron chi connectivity index (χ4n) is 2.93. The van der Waals surface area contributed by atoms with Gasteiger partial charge in [-0.1, -0.05) is 0 Å². The summed E-state index contributed by atoms with van der Waals surface area (Å²) in [7, 11) is 0. The van der Waals surface area contributed by atoms with E-state index < -0.39 is 0 Å². The molecule has 2 N–H and O–H groups in total. The molecule has 0 spiro atoms. The Labute approximate surface area is 138 Å². The Balaban J connectivity index is 1.54. The Kier molecular flexibility index (Phi) is 3.80. The van der Waals surface area contributed by atoms with E-state index in [4.69, 9.17) is 26.1 Å². The number of benzene rings is 1. The first-order valence-corrected chi connectivity index (χ1v) is 8.09. The molecule has 2 aliphatic heterocycles. The first kappa shape index (κ1) is 14.7. The van der Waals surface area contributed by atoms with E-state index in [1.54, 1.807) is 4.68 Å². The van der Waals surface area contributed by atoms with Gasteiger partial charge in [-0.3, -0.25) is 0 Å². The van der Waals surface area contributed by atoms with E-state index in [9.17, 15) is 5.11 Å². The number of aromatic nitrogens is 2. The standard InChI is InChI=1S/C15H17N3O4S/c19-11-3-5-17(6-4-11)8-18-15(23)22-14(16-18)10-1-2-12-13(7-10)21-9-20-12/h1-2,7,11,19H,3-6,8-9H2/p+1. The van der Waals surface area contributed by atoms with E-state index in [0.29, 0.717) is 23.1 Å². The quantitative estimate of drug-likeness (QED) is 0.800. The van der Waals surface area contributed by atoms with Crippen molar-refractivity contribution in [3.05, 3.63) is 23.0 Å². The fourth-order valence-corrected chi connectivity index (χ4v) is 3.12. The molecular weight excluding hydrogens is 318 g/mol. The summed E-state index contributed by atoms with van der Waals surface area (Å²) in [5.74, 6) is 1.89. The molecule has 0 saturated carbocycles. The van der Waals surface area contributed by atoms with Crippen LogP contribution in [0.5, 0.6) is 11.5 Å². The Morgan fingerprint density at radius 3 is 2.87 bits per heavy atom. The molecule has 0 bridgehead atoms. The Morgan fingerprint density at radius 1 is 1.26 bits per heavy atom. The van der Waals surface area contributed by atoms with E-state index in [1.807, 2.05) is 18.2 Å². The van der Waals surface area contributed by atoms with Crippen molar-refractivity contribution >= 4 is 12.2 Å². The van der Waals surface area contributed by atoms with Crippen LogP contribution in [0, 0.1) is 4.84 Å². The van der Waals surface area contributed by atoms with E-state index in [1.165, 1.54) is 4.90 Å². The van der Waals surface area contributed by atoms with Crippen molar-refractivity contribution in [2.45, 2.75) is 25.6 Å². The van der Waals surface area contributed by atoms with Crippen LogP contribution in [0.4, 0.5) is 0 Å². The Morgan fingerprint density at radius 2 is 2.04 bits per heavy atom. The predicted molar refractivity (Wildman–Crippen MR) is 82.8 cm³/mol. The molecule has 23 heavy (non-hydrogen) atoms. The lowest BCUT2D eigenvalue weighted by Gasteiger charge is -2.25. The van der Waals surface area contributed by atoms with E-state index >= 15 is 0 Å². The van der Waals surface area contributed by atoms with E-state index in [-0.39, 0.29) is 12.9 Å². The molecule has 2 aliphatic rings. The molecule has 1 aromatic heterocycles. The second kappa shape index (κ2) is 5.95. The van der Waals surface area contributed by atoms with Crippen molar-refractivity contribution in [1.82, 2.24) is 9.78 Å². The highest BCUT2D eigenvalue weighted by Crippen LogP contribution is 2.35. The van der Waals surface area contributed by atoms with Gasteiger partial charge in [-0.25, -0.2) is 0 Å². The van der Waals surface area contributed by atoms with Crippen molar-refractivity contribution in [2.24, 2.45) is 0 Å². The van der Waals surface area contributed by atoms with Crippen molar-refractivity contribution in [3.8, 4) is 23.0 Å². The van der Waals surface area contributed by atoms with Crippen LogP contribution < -0.4 is 14.4 Å². The van der Waals surface area contributed by atoms with Gasteiger partial charge in [-0.05, 0) is 30.4 Å². The minimum atomic E-state index is -0.173. The summed E-state index contributed by atoms with van der Waals surface area (Å²) in [5, 5.41) is 14.1. The number of hydrogen-bond donors (Lipinski definition) is 2. The maximum atomic E-state index is 9.58. The summed E-state index contributed by atoms with van der Waals surface area (Å²) < 4.78 is 18.0. The molecule has 7 nitrogen and oxygen atoms in total. The number of rotatable bonds is 3. The molecule has 3 heterocycles. The predicted octanol–water partition coefficient (Wildman–Crippen LogP) is 0.598. The minimum absolute atomic E-state index is 0.173. The van der Waals surface area contributed by atoms with Gasteiger partial charge in [-0.2, -0.15) is 4.68 Å². The summed E-state index contributed by atoms with van der Waals surface area (Å²) in [6.07, 6.45) is 1.46. The first-order chi connectivity index (χ1) is 11.2. The van der Waals surface area contributed by atoms with Crippen molar-refractivity contribution in [2.75, 3.05) is 19.9 Å². The van der Waals surface area contributed by atoms with E-state index in [2.05, 4.69) is 5.10 Å². The normalized spacial score (nSPS) is 23.2. The zero-order valence-corrected chi connectivity index (χ0v) is 13.3. The number of ether oxygens (including phenoxy) is 2. The molecule has 0 unspecified atom stereocenters.